The van der Waals surface area contributed by atoms with Crippen LogP contribution in [0.5, 0.6) is 0 Å². The first-order valence-electron chi connectivity index (χ1n) is 5.80. The van der Waals surface area contributed by atoms with Crippen molar-refractivity contribution in [2.75, 3.05) is 6.61 Å². The minimum absolute atomic E-state index is 0.130. The van der Waals surface area contributed by atoms with Gasteiger partial charge in [-0.2, -0.15) is 0 Å². The summed E-state index contributed by atoms with van der Waals surface area (Å²) in [5, 5.41) is 9.43. The first-order chi connectivity index (χ1) is 7.96. The standard InChI is InChI=1S/C11H18N4O2/c1-7-12-9(15-14-7)10(16)13-8-4-5-17-11(2,3)6-8/h8H,4-6H2,1-3H3,(H,13,16)(H,12,14,15). The molecule has 2 N–H and O–H groups in total. The van der Waals surface area contributed by atoms with Crippen molar-refractivity contribution in [2.24, 2.45) is 0 Å². The lowest BCUT2D eigenvalue weighted by molar-refractivity contribution is -0.0615. The lowest BCUT2D eigenvalue weighted by Gasteiger charge is -2.35. The Kier molecular flexibility index (Phi) is 3.15. The van der Waals surface area contributed by atoms with Gasteiger partial charge in [-0.25, -0.2) is 4.98 Å². The monoisotopic (exact) mass is 238 g/mol. The van der Waals surface area contributed by atoms with Crippen molar-refractivity contribution in [3.8, 4) is 0 Å². The minimum Gasteiger partial charge on any atom is -0.375 e. The number of rotatable bonds is 2. The Labute approximate surface area is 100 Å². The number of aromatic amines is 1. The van der Waals surface area contributed by atoms with Crippen molar-refractivity contribution in [1.82, 2.24) is 20.5 Å². The van der Waals surface area contributed by atoms with Gasteiger partial charge in [-0.15, -0.1) is 5.10 Å². The molecule has 2 heterocycles. The molecule has 94 valence electrons. The second kappa shape index (κ2) is 4.44. The number of ether oxygens (including phenoxy) is 1. The number of amides is 1. The van der Waals surface area contributed by atoms with E-state index >= 15 is 0 Å². The van der Waals surface area contributed by atoms with Crippen LogP contribution in [0.4, 0.5) is 0 Å². The molecule has 17 heavy (non-hydrogen) atoms. The Hall–Kier alpha value is -1.43. The topological polar surface area (TPSA) is 79.9 Å². The van der Waals surface area contributed by atoms with E-state index in [1.54, 1.807) is 6.92 Å². The smallest absolute Gasteiger partial charge is 0.291 e. The van der Waals surface area contributed by atoms with Crippen LogP contribution in [0.1, 0.15) is 43.1 Å². The molecule has 2 rings (SSSR count). The van der Waals surface area contributed by atoms with E-state index in [1.165, 1.54) is 0 Å². The zero-order valence-corrected chi connectivity index (χ0v) is 10.4. The zero-order chi connectivity index (χ0) is 12.5. The second-order valence-electron chi connectivity index (χ2n) is 5.02. The van der Waals surface area contributed by atoms with Crippen LogP contribution in [-0.4, -0.2) is 39.3 Å². The molecule has 6 heteroatoms. The molecule has 1 aliphatic heterocycles. The summed E-state index contributed by atoms with van der Waals surface area (Å²) in [6.07, 6.45) is 1.64. The Bertz CT molecular complexity index is 413. The molecular formula is C11H18N4O2. The second-order valence-corrected chi connectivity index (χ2v) is 5.02. The SMILES string of the molecule is Cc1nc(C(=O)NC2CCOC(C)(C)C2)n[nH]1. The maximum absolute atomic E-state index is 11.8. The molecule has 0 saturated carbocycles. The zero-order valence-electron chi connectivity index (χ0n) is 10.4. The highest BCUT2D eigenvalue weighted by atomic mass is 16.5. The van der Waals surface area contributed by atoms with Gasteiger partial charge >= 0.3 is 0 Å². The molecule has 1 amide bonds. The summed E-state index contributed by atoms with van der Waals surface area (Å²) in [7, 11) is 0. The van der Waals surface area contributed by atoms with Crippen molar-refractivity contribution in [1.29, 1.82) is 0 Å². The van der Waals surface area contributed by atoms with Crippen molar-refractivity contribution in [3.05, 3.63) is 11.6 Å². The Morgan fingerprint density at radius 3 is 2.94 bits per heavy atom. The van der Waals surface area contributed by atoms with Crippen LogP contribution >= 0.6 is 0 Å². The summed E-state index contributed by atoms with van der Waals surface area (Å²) in [4.78, 5) is 15.8. The first-order valence-corrected chi connectivity index (χ1v) is 5.80. The molecule has 1 aliphatic rings. The summed E-state index contributed by atoms with van der Waals surface area (Å²) in [5.74, 6) is 0.617. The van der Waals surface area contributed by atoms with Gasteiger partial charge < -0.3 is 10.1 Å². The Morgan fingerprint density at radius 2 is 2.35 bits per heavy atom. The Morgan fingerprint density at radius 1 is 1.59 bits per heavy atom. The maximum Gasteiger partial charge on any atom is 0.291 e. The number of nitrogens with zero attached hydrogens (tertiary/aromatic N) is 2. The van der Waals surface area contributed by atoms with Gasteiger partial charge in [0.25, 0.3) is 5.91 Å². The van der Waals surface area contributed by atoms with Gasteiger partial charge in [0.2, 0.25) is 5.82 Å². The third-order valence-electron chi connectivity index (χ3n) is 2.83. The van der Waals surface area contributed by atoms with E-state index in [1.807, 2.05) is 13.8 Å². The molecule has 0 aliphatic carbocycles. The summed E-state index contributed by atoms with van der Waals surface area (Å²) >= 11 is 0. The summed E-state index contributed by atoms with van der Waals surface area (Å²) in [6.45, 7) is 6.50. The lowest BCUT2D eigenvalue weighted by Crippen LogP contribution is -2.46. The average molecular weight is 238 g/mol. The van der Waals surface area contributed by atoms with Crippen LogP contribution in [-0.2, 0) is 4.74 Å². The van der Waals surface area contributed by atoms with Crippen molar-refractivity contribution in [2.45, 2.75) is 45.3 Å². The molecule has 6 nitrogen and oxygen atoms in total. The highest BCUT2D eigenvalue weighted by Crippen LogP contribution is 2.23. The van der Waals surface area contributed by atoms with Crippen LogP contribution in [0.2, 0.25) is 0 Å². The number of hydrogen-bond acceptors (Lipinski definition) is 4. The summed E-state index contributed by atoms with van der Waals surface area (Å²) in [6, 6.07) is 0.130. The van der Waals surface area contributed by atoms with Gasteiger partial charge in [0.1, 0.15) is 5.82 Å². The van der Waals surface area contributed by atoms with Crippen molar-refractivity contribution in [3.63, 3.8) is 0 Å². The van der Waals surface area contributed by atoms with E-state index in [9.17, 15) is 4.79 Å². The molecule has 0 radical (unpaired) electrons. The molecule has 1 aromatic heterocycles. The predicted molar refractivity (Wildman–Crippen MR) is 61.6 cm³/mol. The molecule has 0 bridgehead atoms. The van der Waals surface area contributed by atoms with E-state index in [0.29, 0.717) is 12.4 Å². The average Bonchev–Trinajstić information content (AvgIpc) is 2.63. The molecule has 1 aromatic rings. The number of carbonyl (C=O) groups excluding carboxylic acids is 1. The maximum atomic E-state index is 11.8. The van der Waals surface area contributed by atoms with Gasteiger partial charge in [0.05, 0.1) is 5.60 Å². The van der Waals surface area contributed by atoms with Gasteiger partial charge in [-0.05, 0) is 33.6 Å². The molecule has 1 atom stereocenters. The van der Waals surface area contributed by atoms with E-state index in [4.69, 9.17) is 4.74 Å². The predicted octanol–water partition coefficient (Wildman–Crippen LogP) is 0.801. The Balaban J connectivity index is 1.95. The van der Waals surface area contributed by atoms with Gasteiger partial charge in [-0.3, -0.25) is 9.89 Å². The quantitative estimate of drug-likeness (QED) is 0.798. The van der Waals surface area contributed by atoms with E-state index in [-0.39, 0.29) is 23.4 Å². The molecule has 0 aromatic carbocycles. The lowest BCUT2D eigenvalue weighted by atomic mass is 9.94. The van der Waals surface area contributed by atoms with Gasteiger partial charge in [-0.1, -0.05) is 0 Å². The molecule has 1 unspecified atom stereocenters. The van der Waals surface area contributed by atoms with E-state index in [2.05, 4.69) is 20.5 Å². The molecular weight excluding hydrogens is 220 g/mol. The van der Waals surface area contributed by atoms with E-state index in [0.717, 1.165) is 12.8 Å². The third-order valence-corrected chi connectivity index (χ3v) is 2.83. The molecule has 0 spiro atoms. The fourth-order valence-electron chi connectivity index (χ4n) is 2.05. The van der Waals surface area contributed by atoms with Crippen LogP contribution in [0, 0.1) is 6.92 Å². The minimum atomic E-state index is -0.225. The summed E-state index contributed by atoms with van der Waals surface area (Å²) in [5.41, 5.74) is -0.175. The highest BCUT2D eigenvalue weighted by molar-refractivity contribution is 5.90. The molecule has 1 saturated heterocycles. The number of aromatic nitrogens is 3. The number of H-pyrrole nitrogens is 1. The largest absolute Gasteiger partial charge is 0.375 e. The van der Waals surface area contributed by atoms with Gasteiger partial charge in [0, 0.05) is 12.6 Å². The number of aryl methyl sites for hydroxylation is 1. The van der Waals surface area contributed by atoms with Gasteiger partial charge in [0.15, 0.2) is 0 Å². The van der Waals surface area contributed by atoms with Crippen molar-refractivity contribution >= 4 is 5.91 Å². The normalized spacial score (nSPS) is 23.4. The van der Waals surface area contributed by atoms with Crippen LogP contribution in [0.15, 0.2) is 0 Å². The number of nitrogens with one attached hydrogen (secondary N) is 2. The van der Waals surface area contributed by atoms with Crippen LogP contribution in [0.3, 0.4) is 0 Å². The summed E-state index contributed by atoms with van der Waals surface area (Å²) < 4.78 is 5.60. The molecule has 1 fully saturated rings. The van der Waals surface area contributed by atoms with Crippen molar-refractivity contribution < 1.29 is 9.53 Å². The number of hydrogen-bond donors (Lipinski definition) is 2. The fourth-order valence-corrected chi connectivity index (χ4v) is 2.05. The number of carbonyl (C=O) groups is 1. The highest BCUT2D eigenvalue weighted by Gasteiger charge is 2.30. The fraction of sp³-hybridized carbons (Fsp3) is 0.727. The first kappa shape index (κ1) is 12.0. The van der Waals surface area contributed by atoms with E-state index < -0.39 is 0 Å². The van der Waals surface area contributed by atoms with Crippen LogP contribution in [0.25, 0.3) is 0 Å². The third kappa shape index (κ3) is 3.03. The van der Waals surface area contributed by atoms with Crippen LogP contribution < -0.4 is 5.32 Å².